The highest BCUT2D eigenvalue weighted by Crippen LogP contribution is 2.23. The van der Waals surface area contributed by atoms with Crippen molar-refractivity contribution >= 4 is 12.0 Å². The van der Waals surface area contributed by atoms with E-state index in [-0.39, 0.29) is 23.9 Å². The maximum atomic E-state index is 13.3. The Morgan fingerprint density at radius 1 is 1.25 bits per heavy atom. The number of carbonyl (C=O) groups is 2. The van der Waals surface area contributed by atoms with Gasteiger partial charge in [0.1, 0.15) is 11.6 Å². The molecule has 1 atom stereocenters. The van der Waals surface area contributed by atoms with Crippen LogP contribution < -0.4 is 5.32 Å². The summed E-state index contributed by atoms with van der Waals surface area (Å²) in [6.45, 7) is 3.22. The zero-order valence-electron chi connectivity index (χ0n) is 15.9. The zero-order chi connectivity index (χ0) is 19.9. The molecular formula is C21H25FN2O4. The Balaban J connectivity index is 1.63. The lowest BCUT2D eigenvalue weighted by molar-refractivity contribution is -0.123. The molecule has 0 spiro atoms. The Kier molecular flexibility index (Phi) is 6.68. The number of likely N-dealkylation sites (tertiary alicyclic amines) is 1. The summed E-state index contributed by atoms with van der Waals surface area (Å²) in [6.07, 6.45) is 2.99. The summed E-state index contributed by atoms with van der Waals surface area (Å²) in [6, 6.07) is 9.56. The molecule has 1 unspecified atom stereocenters. The minimum Gasteiger partial charge on any atom is -0.469 e. The van der Waals surface area contributed by atoms with Gasteiger partial charge in [-0.25, -0.2) is 9.18 Å². The van der Waals surface area contributed by atoms with Gasteiger partial charge in [-0.05, 0) is 49.6 Å². The van der Waals surface area contributed by atoms with Gasteiger partial charge in [0.15, 0.2) is 0 Å². The van der Waals surface area contributed by atoms with E-state index in [0.29, 0.717) is 44.7 Å². The van der Waals surface area contributed by atoms with Crippen LogP contribution in [0.2, 0.25) is 0 Å². The molecule has 3 rings (SSSR count). The summed E-state index contributed by atoms with van der Waals surface area (Å²) >= 11 is 0. The highest BCUT2D eigenvalue weighted by atomic mass is 19.1. The van der Waals surface area contributed by atoms with Gasteiger partial charge in [0.25, 0.3) is 0 Å². The molecule has 1 aliphatic rings. The van der Waals surface area contributed by atoms with Gasteiger partial charge >= 0.3 is 6.09 Å². The molecule has 1 N–H and O–H groups in total. The summed E-state index contributed by atoms with van der Waals surface area (Å²) < 4.78 is 23.7. The minimum atomic E-state index is -0.477. The minimum absolute atomic E-state index is 0.0160. The van der Waals surface area contributed by atoms with Gasteiger partial charge in [-0.15, -0.1) is 0 Å². The molecule has 150 valence electrons. The Labute approximate surface area is 163 Å². The first-order valence-electron chi connectivity index (χ1n) is 9.56. The average molecular weight is 388 g/mol. The molecule has 0 bridgehead atoms. The highest BCUT2D eigenvalue weighted by molar-refractivity contribution is 5.84. The van der Waals surface area contributed by atoms with E-state index in [9.17, 15) is 14.0 Å². The van der Waals surface area contributed by atoms with Crippen LogP contribution in [0.3, 0.4) is 0 Å². The third kappa shape index (κ3) is 5.12. The van der Waals surface area contributed by atoms with E-state index in [1.165, 1.54) is 12.1 Å². The van der Waals surface area contributed by atoms with Crippen molar-refractivity contribution < 1.29 is 23.1 Å². The van der Waals surface area contributed by atoms with Crippen LogP contribution in [0, 0.1) is 5.82 Å². The van der Waals surface area contributed by atoms with Gasteiger partial charge in [0.2, 0.25) is 5.91 Å². The Hall–Kier alpha value is -2.83. The number of hydrogen-bond acceptors (Lipinski definition) is 4. The Morgan fingerprint density at radius 3 is 2.57 bits per heavy atom. The van der Waals surface area contributed by atoms with Crippen molar-refractivity contribution in [1.29, 1.82) is 0 Å². The summed E-state index contributed by atoms with van der Waals surface area (Å²) in [5.74, 6) is -0.249. The molecule has 2 aromatic rings. The number of carbonyl (C=O) groups excluding carboxylic acids is 2. The first-order chi connectivity index (χ1) is 13.6. The molecule has 1 fully saturated rings. The molecule has 2 amide bonds. The summed E-state index contributed by atoms with van der Waals surface area (Å²) in [4.78, 5) is 26.4. The third-order valence-electron chi connectivity index (χ3n) is 4.94. The predicted octanol–water partition coefficient (Wildman–Crippen LogP) is 3.48. The fraction of sp³-hybridized carbons (Fsp3) is 0.429. The van der Waals surface area contributed by atoms with Crippen molar-refractivity contribution in [2.45, 2.75) is 38.1 Å². The van der Waals surface area contributed by atoms with Crippen molar-refractivity contribution in [2.75, 3.05) is 19.7 Å². The van der Waals surface area contributed by atoms with E-state index in [0.717, 1.165) is 5.56 Å². The van der Waals surface area contributed by atoms with Crippen molar-refractivity contribution in [3.05, 3.63) is 59.8 Å². The maximum absolute atomic E-state index is 13.3. The first-order valence-corrected chi connectivity index (χ1v) is 9.56. The number of nitrogens with one attached hydrogen (secondary N) is 1. The van der Waals surface area contributed by atoms with E-state index in [4.69, 9.17) is 9.15 Å². The van der Waals surface area contributed by atoms with Crippen LogP contribution in [-0.4, -0.2) is 42.6 Å². The van der Waals surface area contributed by atoms with Gasteiger partial charge in [-0.2, -0.15) is 0 Å². The van der Waals surface area contributed by atoms with Crippen LogP contribution >= 0.6 is 0 Å². The molecule has 1 aliphatic heterocycles. The number of ether oxygens (including phenoxy) is 1. The SMILES string of the molecule is CCOC(=O)N1CCC(NC(=O)C(Cc2ccco2)c2ccc(F)cc2)CC1. The number of benzene rings is 1. The fourth-order valence-corrected chi connectivity index (χ4v) is 3.41. The summed E-state index contributed by atoms with van der Waals surface area (Å²) in [5, 5.41) is 3.08. The molecule has 28 heavy (non-hydrogen) atoms. The van der Waals surface area contributed by atoms with Gasteiger partial charge in [0.05, 0.1) is 18.8 Å². The number of rotatable bonds is 6. The van der Waals surface area contributed by atoms with Gasteiger partial charge < -0.3 is 19.4 Å². The second kappa shape index (κ2) is 9.39. The standard InChI is InChI=1S/C21H25FN2O4/c1-2-27-21(26)24-11-9-17(10-12-24)23-20(25)19(14-18-4-3-13-28-18)15-5-7-16(22)8-6-15/h3-8,13,17,19H,2,9-12,14H2,1H3,(H,23,25). The van der Waals surface area contributed by atoms with Crippen LogP contribution in [0.25, 0.3) is 0 Å². The number of furan rings is 1. The lowest BCUT2D eigenvalue weighted by Gasteiger charge is -2.32. The van der Waals surface area contributed by atoms with Crippen molar-refractivity contribution in [3.8, 4) is 0 Å². The van der Waals surface area contributed by atoms with E-state index in [1.807, 2.05) is 6.07 Å². The lowest BCUT2D eigenvalue weighted by Crippen LogP contribution is -2.47. The first kappa shape index (κ1) is 19.9. The monoisotopic (exact) mass is 388 g/mol. The normalized spacial score (nSPS) is 15.9. The average Bonchev–Trinajstić information content (AvgIpc) is 3.21. The number of piperidine rings is 1. The quantitative estimate of drug-likeness (QED) is 0.822. The van der Waals surface area contributed by atoms with E-state index in [1.54, 1.807) is 36.3 Å². The van der Waals surface area contributed by atoms with E-state index in [2.05, 4.69) is 5.32 Å². The Morgan fingerprint density at radius 2 is 1.96 bits per heavy atom. The number of amides is 2. The smallest absolute Gasteiger partial charge is 0.409 e. The maximum Gasteiger partial charge on any atom is 0.409 e. The fourth-order valence-electron chi connectivity index (χ4n) is 3.41. The largest absolute Gasteiger partial charge is 0.469 e. The molecular weight excluding hydrogens is 363 g/mol. The second-order valence-electron chi connectivity index (χ2n) is 6.86. The molecule has 7 heteroatoms. The Bertz CT molecular complexity index is 768. The van der Waals surface area contributed by atoms with Crippen LogP contribution in [0.5, 0.6) is 0 Å². The molecule has 1 saturated heterocycles. The number of nitrogens with zero attached hydrogens (tertiary/aromatic N) is 1. The summed E-state index contributed by atoms with van der Waals surface area (Å²) in [5.41, 5.74) is 0.735. The molecule has 0 radical (unpaired) electrons. The van der Waals surface area contributed by atoms with Crippen molar-refractivity contribution in [2.24, 2.45) is 0 Å². The highest BCUT2D eigenvalue weighted by Gasteiger charge is 2.28. The van der Waals surface area contributed by atoms with Crippen LogP contribution in [0.4, 0.5) is 9.18 Å². The van der Waals surface area contributed by atoms with Gasteiger partial charge in [-0.1, -0.05) is 12.1 Å². The zero-order valence-corrected chi connectivity index (χ0v) is 15.9. The van der Waals surface area contributed by atoms with Crippen LogP contribution in [-0.2, 0) is 16.0 Å². The molecule has 0 aliphatic carbocycles. The predicted molar refractivity (Wildman–Crippen MR) is 101 cm³/mol. The van der Waals surface area contributed by atoms with Crippen molar-refractivity contribution in [1.82, 2.24) is 10.2 Å². The topological polar surface area (TPSA) is 71.8 Å². The molecule has 1 aromatic heterocycles. The molecule has 6 nitrogen and oxygen atoms in total. The van der Waals surface area contributed by atoms with Crippen molar-refractivity contribution in [3.63, 3.8) is 0 Å². The second-order valence-corrected chi connectivity index (χ2v) is 6.86. The lowest BCUT2D eigenvalue weighted by atomic mass is 9.92. The third-order valence-corrected chi connectivity index (χ3v) is 4.94. The number of halogens is 1. The molecule has 0 saturated carbocycles. The van der Waals surface area contributed by atoms with Gasteiger partial charge in [0, 0.05) is 25.6 Å². The summed E-state index contributed by atoms with van der Waals surface area (Å²) in [7, 11) is 0. The molecule has 1 aromatic carbocycles. The van der Waals surface area contributed by atoms with Gasteiger partial charge in [-0.3, -0.25) is 4.79 Å². The van der Waals surface area contributed by atoms with E-state index < -0.39 is 5.92 Å². The molecule has 2 heterocycles. The van der Waals surface area contributed by atoms with Crippen LogP contribution in [0.15, 0.2) is 47.1 Å². The van der Waals surface area contributed by atoms with E-state index >= 15 is 0 Å². The van der Waals surface area contributed by atoms with Crippen LogP contribution in [0.1, 0.15) is 37.0 Å². The number of hydrogen-bond donors (Lipinski definition) is 1.